The molecule has 0 aromatic heterocycles. The van der Waals surface area contributed by atoms with Crippen molar-refractivity contribution in [3.05, 3.63) is 0 Å². The number of rotatable bonds is 1. The van der Waals surface area contributed by atoms with Gasteiger partial charge in [-0.15, -0.1) is 0 Å². The summed E-state index contributed by atoms with van der Waals surface area (Å²) in [4.78, 5) is 0. The topological polar surface area (TPSA) is 23.8 Å². The minimum absolute atomic E-state index is 0.726. The summed E-state index contributed by atoms with van der Waals surface area (Å²) in [5.41, 5.74) is 0. The lowest BCUT2D eigenvalue weighted by molar-refractivity contribution is 0.249. The van der Waals surface area contributed by atoms with Crippen LogP contribution in [0.15, 0.2) is 0 Å². The third-order valence-electron chi connectivity index (χ3n) is 3.51. The van der Waals surface area contributed by atoms with Crippen molar-refractivity contribution in [3.63, 3.8) is 0 Å². The minimum atomic E-state index is 0.726. The quantitative estimate of drug-likeness (QED) is 0.562. The summed E-state index contributed by atoms with van der Waals surface area (Å²) in [5, 5.41) is 8.59. The molecule has 0 radical (unpaired) electrons. The Bertz CT molecular complexity index is 192. The van der Waals surface area contributed by atoms with Crippen LogP contribution in [0.5, 0.6) is 0 Å². The van der Waals surface area contributed by atoms with Gasteiger partial charge in [0.05, 0.1) is 6.07 Å². The zero-order chi connectivity index (χ0) is 7.84. The first-order valence-corrected chi connectivity index (χ1v) is 4.68. The summed E-state index contributed by atoms with van der Waals surface area (Å²) in [6, 6.07) is 2.31. The molecule has 0 saturated heterocycles. The van der Waals surface area contributed by atoms with E-state index in [9.17, 15) is 0 Å². The zero-order valence-electron chi connectivity index (χ0n) is 7.09. The maximum Gasteiger partial charge on any atom is 0.0624 e. The number of nitrogens with zero attached hydrogens (tertiary/aromatic N) is 1. The number of hydrogen-bond acceptors (Lipinski definition) is 1. The largest absolute Gasteiger partial charge is 0.198 e. The fourth-order valence-electron chi connectivity index (χ4n) is 2.58. The van der Waals surface area contributed by atoms with E-state index in [1.54, 1.807) is 0 Å². The van der Waals surface area contributed by atoms with E-state index in [0.717, 1.165) is 30.1 Å². The van der Waals surface area contributed by atoms with Crippen molar-refractivity contribution >= 4 is 0 Å². The van der Waals surface area contributed by atoms with Gasteiger partial charge in [0.1, 0.15) is 0 Å². The van der Waals surface area contributed by atoms with E-state index >= 15 is 0 Å². The molecule has 11 heavy (non-hydrogen) atoms. The molecule has 2 fully saturated rings. The molecule has 0 spiro atoms. The fraction of sp³-hybridized carbons (Fsp3) is 0.900. The van der Waals surface area contributed by atoms with Crippen LogP contribution in [0.1, 0.15) is 32.6 Å². The number of hydrogen-bond donors (Lipinski definition) is 0. The van der Waals surface area contributed by atoms with Gasteiger partial charge in [-0.1, -0.05) is 6.92 Å². The summed E-state index contributed by atoms with van der Waals surface area (Å²) < 4.78 is 0. The Morgan fingerprint density at radius 3 is 2.73 bits per heavy atom. The van der Waals surface area contributed by atoms with Crippen LogP contribution in [0, 0.1) is 35.0 Å². The standard InChI is InChI=1S/C10H15N/c1-7-4-9-6-10(9)5-8(7)2-3-11/h7-10H,2,4-6H2,1H3. The minimum Gasteiger partial charge on any atom is -0.198 e. The van der Waals surface area contributed by atoms with Crippen molar-refractivity contribution in [2.45, 2.75) is 32.6 Å². The first kappa shape index (κ1) is 7.16. The predicted molar refractivity (Wildman–Crippen MR) is 43.7 cm³/mol. The second kappa shape index (κ2) is 2.52. The highest BCUT2D eigenvalue weighted by atomic mass is 14.5. The van der Waals surface area contributed by atoms with Crippen LogP contribution in [-0.2, 0) is 0 Å². The number of nitriles is 1. The van der Waals surface area contributed by atoms with E-state index in [-0.39, 0.29) is 0 Å². The molecule has 1 heteroatoms. The molecule has 0 aromatic rings. The number of fused-ring (bicyclic) bond motifs is 1. The van der Waals surface area contributed by atoms with E-state index in [1.807, 2.05) is 0 Å². The Hall–Kier alpha value is -0.510. The normalized spacial score (nSPS) is 47.6. The van der Waals surface area contributed by atoms with E-state index in [2.05, 4.69) is 13.0 Å². The van der Waals surface area contributed by atoms with Gasteiger partial charge in [-0.05, 0) is 42.9 Å². The van der Waals surface area contributed by atoms with E-state index in [0.29, 0.717) is 0 Å². The lowest BCUT2D eigenvalue weighted by Gasteiger charge is -2.25. The molecule has 0 aliphatic heterocycles. The van der Waals surface area contributed by atoms with Crippen LogP contribution >= 0.6 is 0 Å². The first-order chi connectivity index (χ1) is 5.31. The molecule has 0 aromatic carbocycles. The molecule has 0 bridgehead atoms. The lowest BCUT2D eigenvalue weighted by Crippen LogP contribution is -2.17. The van der Waals surface area contributed by atoms with Crippen LogP contribution in [0.2, 0.25) is 0 Å². The molecular weight excluding hydrogens is 134 g/mol. The van der Waals surface area contributed by atoms with Gasteiger partial charge in [0.2, 0.25) is 0 Å². The fourth-order valence-corrected chi connectivity index (χ4v) is 2.58. The van der Waals surface area contributed by atoms with Crippen molar-refractivity contribution in [1.29, 1.82) is 5.26 Å². The molecule has 4 atom stereocenters. The Morgan fingerprint density at radius 1 is 1.27 bits per heavy atom. The smallest absolute Gasteiger partial charge is 0.0624 e. The third-order valence-corrected chi connectivity index (χ3v) is 3.51. The molecule has 60 valence electrons. The summed E-state index contributed by atoms with van der Waals surface area (Å²) in [6.07, 6.45) is 5.01. The van der Waals surface area contributed by atoms with Crippen molar-refractivity contribution in [3.8, 4) is 6.07 Å². The Morgan fingerprint density at radius 2 is 2.00 bits per heavy atom. The second-order valence-electron chi connectivity index (χ2n) is 4.33. The maximum atomic E-state index is 8.59. The van der Waals surface area contributed by atoms with Gasteiger partial charge in [0.25, 0.3) is 0 Å². The average molecular weight is 149 g/mol. The highest BCUT2D eigenvalue weighted by Gasteiger charge is 2.44. The molecule has 0 heterocycles. The molecule has 0 N–H and O–H groups in total. The van der Waals surface area contributed by atoms with E-state index in [1.165, 1.54) is 19.3 Å². The summed E-state index contributed by atoms with van der Waals surface area (Å²) in [6.45, 7) is 2.32. The third kappa shape index (κ3) is 1.27. The van der Waals surface area contributed by atoms with Gasteiger partial charge >= 0.3 is 0 Å². The van der Waals surface area contributed by atoms with Gasteiger partial charge in [-0.3, -0.25) is 0 Å². The van der Waals surface area contributed by atoms with Crippen molar-refractivity contribution in [1.82, 2.24) is 0 Å². The average Bonchev–Trinajstić information content (AvgIpc) is 2.67. The molecular formula is C10H15N. The van der Waals surface area contributed by atoms with E-state index < -0.39 is 0 Å². The Kier molecular flexibility index (Phi) is 1.64. The second-order valence-corrected chi connectivity index (χ2v) is 4.33. The summed E-state index contributed by atoms with van der Waals surface area (Å²) >= 11 is 0. The van der Waals surface area contributed by atoms with Gasteiger partial charge < -0.3 is 0 Å². The Balaban J connectivity index is 1.93. The summed E-state index contributed by atoms with van der Waals surface area (Å²) in [5.74, 6) is 3.62. The molecule has 0 amide bonds. The van der Waals surface area contributed by atoms with Crippen LogP contribution < -0.4 is 0 Å². The molecule has 2 saturated carbocycles. The zero-order valence-corrected chi connectivity index (χ0v) is 7.09. The van der Waals surface area contributed by atoms with Crippen LogP contribution in [0.4, 0.5) is 0 Å². The molecule has 1 nitrogen and oxygen atoms in total. The highest BCUT2D eigenvalue weighted by Crippen LogP contribution is 2.53. The van der Waals surface area contributed by atoms with Crippen molar-refractivity contribution in [2.24, 2.45) is 23.7 Å². The highest BCUT2D eigenvalue weighted by molar-refractivity contribution is 4.96. The van der Waals surface area contributed by atoms with Crippen LogP contribution in [0.3, 0.4) is 0 Å². The van der Waals surface area contributed by atoms with E-state index in [4.69, 9.17) is 5.26 Å². The summed E-state index contributed by atoms with van der Waals surface area (Å²) in [7, 11) is 0. The van der Waals surface area contributed by atoms with Gasteiger partial charge in [0.15, 0.2) is 0 Å². The van der Waals surface area contributed by atoms with Crippen molar-refractivity contribution in [2.75, 3.05) is 0 Å². The molecule has 2 aliphatic carbocycles. The molecule has 4 unspecified atom stereocenters. The van der Waals surface area contributed by atoms with Gasteiger partial charge in [-0.2, -0.15) is 5.26 Å². The van der Waals surface area contributed by atoms with Crippen LogP contribution in [0.25, 0.3) is 0 Å². The monoisotopic (exact) mass is 149 g/mol. The van der Waals surface area contributed by atoms with Gasteiger partial charge in [-0.25, -0.2) is 0 Å². The van der Waals surface area contributed by atoms with Crippen molar-refractivity contribution < 1.29 is 0 Å². The first-order valence-electron chi connectivity index (χ1n) is 4.68. The molecule has 2 rings (SSSR count). The predicted octanol–water partition coefficient (Wildman–Crippen LogP) is 2.58. The maximum absolute atomic E-state index is 8.59. The van der Waals surface area contributed by atoms with Crippen LogP contribution in [-0.4, -0.2) is 0 Å². The molecule has 2 aliphatic rings. The Labute approximate surface area is 68.4 Å². The van der Waals surface area contributed by atoms with Gasteiger partial charge in [0, 0.05) is 6.42 Å². The SMILES string of the molecule is CC1CC2CC2CC1CC#N. The lowest BCUT2D eigenvalue weighted by atomic mass is 9.79.